The predicted octanol–water partition coefficient (Wildman–Crippen LogP) is 3.81. The highest BCUT2D eigenvalue weighted by Crippen LogP contribution is 2.16. The Kier molecular flexibility index (Phi) is 5.22. The van der Waals surface area contributed by atoms with E-state index >= 15 is 0 Å². The van der Waals surface area contributed by atoms with Gasteiger partial charge in [0.15, 0.2) is 0 Å². The Morgan fingerprint density at radius 2 is 1.90 bits per heavy atom. The fourth-order valence-corrected chi connectivity index (χ4v) is 2.26. The Hall–Kier alpha value is -2.47. The molecule has 3 heteroatoms. The second-order valence-corrected chi connectivity index (χ2v) is 5.20. The Morgan fingerprint density at radius 3 is 2.62 bits per heavy atom. The third-order valence-electron chi connectivity index (χ3n) is 3.48. The van der Waals surface area contributed by atoms with Crippen LogP contribution in [-0.4, -0.2) is 20.1 Å². The molecule has 0 aliphatic rings. The molecule has 108 valence electrons. The monoisotopic (exact) mass is 279 g/mol. The minimum absolute atomic E-state index is 0.714. The first-order valence-corrected chi connectivity index (χ1v) is 7.21. The van der Waals surface area contributed by atoms with E-state index in [-0.39, 0.29) is 0 Å². The van der Waals surface area contributed by atoms with Crippen LogP contribution >= 0.6 is 0 Å². The summed E-state index contributed by atoms with van der Waals surface area (Å²) in [7, 11) is 2.10. The van der Waals surface area contributed by atoms with Crippen LogP contribution in [-0.2, 0) is 0 Å². The molecule has 1 N–H and O–H groups in total. The molecule has 3 nitrogen and oxygen atoms in total. The number of hydrogen-bond donors (Lipinski definition) is 1. The number of hydrogen-bond acceptors (Lipinski definition) is 3. The number of nitrogens with zero attached hydrogens (tertiary/aromatic N) is 2. The second kappa shape index (κ2) is 7.35. The summed E-state index contributed by atoms with van der Waals surface area (Å²) in [6, 6.07) is 18.5. The Morgan fingerprint density at radius 1 is 1.14 bits per heavy atom. The van der Waals surface area contributed by atoms with Gasteiger partial charge in [-0.15, -0.1) is 0 Å². The van der Waals surface area contributed by atoms with E-state index in [0.29, 0.717) is 5.56 Å². The van der Waals surface area contributed by atoms with Gasteiger partial charge in [-0.2, -0.15) is 5.26 Å². The van der Waals surface area contributed by atoms with Crippen LogP contribution in [0.2, 0.25) is 0 Å². The lowest BCUT2D eigenvalue weighted by atomic mass is 10.1. The molecule has 2 rings (SSSR count). The number of aryl methyl sites for hydroxylation is 1. The number of nitrogens with one attached hydrogen (secondary N) is 1. The number of para-hydroxylation sites is 1. The van der Waals surface area contributed by atoms with Crippen LogP contribution in [0.5, 0.6) is 0 Å². The van der Waals surface area contributed by atoms with Crippen molar-refractivity contribution >= 4 is 11.4 Å². The SMILES string of the molecule is Cc1ccc(NCCCN(C)c2ccccc2)c(C#N)c1. The van der Waals surface area contributed by atoms with Crippen LogP contribution < -0.4 is 10.2 Å². The average molecular weight is 279 g/mol. The molecule has 0 aliphatic carbocycles. The van der Waals surface area contributed by atoms with Crippen LogP contribution in [0.3, 0.4) is 0 Å². The molecule has 0 bridgehead atoms. The van der Waals surface area contributed by atoms with Crippen molar-refractivity contribution in [3.8, 4) is 6.07 Å². The van der Waals surface area contributed by atoms with Gasteiger partial charge >= 0.3 is 0 Å². The summed E-state index contributed by atoms with van der Waals surface area (Å²) in [5.74, 6) is 0. The lowest BCUT2D eigenvalue weighted by Gasteiger charge is -2.19. The topological polar surface area (TPSA) is 39.1 Å². The summed E-state index contributed by atoms with van der Waals surface area (Å²) in [5, 5.41) is 12.5. The molecule has 0 unspecified atom stereocenters. The van der Waals surface area contributed by atoms with Crippen LogP contribution in [0.25, 0.3) is 0 Å². The molecular weight excluding hydrogens is 258 g/mol. The van der Waals surface area contributed by atoms with Gasteiger partial charge in [0.2, 0.25) is 0 Å². The minimum atomic E-state index is 0.714. The van der Waals surface area contributed by atoms with Gasteiger partial charge in [0.05, 0.1) is 11.3 Å². The molecule has 0 fully saturated rings. The van der Waals surface area contributed by atoms with E-state index in [1.165, 1.54) is 5.69 Å². The molecule has 2 aromatic carbocycles. The quantitative estimate of drug-likeness (QED) is 0.817. The molecule has 21 heavy (non-hydrogen) atoms. The molecule has 2 aromatic rings. The van der Waals surface area contributed by atoms with Crippen molar-refractivity contribution in [2.45, 2.75) is 13.3 Å². The largest absolute Gasteiger partial charge is 0.384 e. The van der Waals surface area contributed by atoms with Crippen molar-refractivity contribution in [1.29, 1.82) is 5.26 Å². The fraction of sp³-hybridized carbons (Fsp3) is 0.278. The molecule has 0 aliphatic heterocycles. The van der Waals surface area contributed by atoms with Crippen LogP contribution in [0.4, 0.5) is 11.4 Å². The predicted molar refractivity (Wildman–Crippen MR) is 88.7 cm³/mol. The highest BCUT2D eigenvalue weighted by molar-refractivity contribution is 5.58. The van der Waals surface area contributed by atoms with Crippen molar-refractivity contribution in [2.24, 2.45) is 0 Å². The lowest BCUT2D eigenvalue weighted by Crippen LogP contribution is -2.20. The van der Waals surface area contributed by atoms with Crippen LogP contribution in [0.1, 0.15) is 17.5 Å². The molecular formula is C18H21N3. The zero-order chi connectivity index (χ0) is 15.1. The third-order valence-corrected chi connectivity index (χ3v) is 3.48. The first-order valence-electron chi connectivity index (χ1n) is 7.21. The van der Waals surface area contributed by atoms with Gasteiger partial charge in [0, 0.05) is 25.8 Å². The highest BCUT2D eigenvalue weighted by atomic mass is 15.1. The molecule has 0 aromatic heterocycles. The Bertz CT molecular complexity index is 614. The maximum atomic E-state index is 9.14. The standard InChI is InChI=1S/C18H21N3/c1-15-9-10-18(16(13-15)14-19)20-11-6-12-21(2)17-7-4-3-5-8-17/h3-5,7-10,13,20H,6,11-12H2,1-2H3. The smallest absolute Gasteiger partial charge is 0.101 e. The molecule has 0 radical (unpaired) electrons. The summed E-state index contributed by atoms with van der Waals surface area (Å²) in [6.45, 7) is 3.83. The van der Waals surface area contributed by atoms with Gasteiger partial charge < -0.3 is 10.2 Å². The molecule has 0 spiro atoms. The molecule has 0 saturated carbocycles. The van der Waals surface area contributed by atoms with Gasteiger partial charge in [-0.05, 0) is 43.2 Å². The number of nitriles is 1. The fourth-order valence-electron chi connectivity index (χ4n) is 2.26. The minimum Gasteiger partial charge on any atom is -0.384 e. The average Bonchev–Trinajstić information content (AvgIpc) is 2.53. The number of anilines is 2. The number of benzene rings is 2. The second-order valence-electron chi connectivity index (χ2n) is 5.20. The molecule has 0 atom stereocenters. The Labute approximate surface area is 126 Å². The lowest BCUT2D eigenvalue weighted by molar-refractivity contribution is 0.816. The maximum Gasteiger partial charge on any atom is 0.101 e. The van der Waals surface area contributed by atoms with Gasteiger partial charge in [0.1, 0.15) is 6.07 Å². The normalized spacial score (nSPS) is 9.95. The van der Waals surface area contributed by atoms with Crippen molar-refractivity contribution in [1.82, 2.24) is 0 Å². The van der Waals surface area contributed by atoms with E-state index in [1.807, 2.05) is 31.2 Å². The van der Waals surface area contributed by atoms with Gasteiger partial charge in [0.25, 0.3) is 0 Å². The van der Waals surface area contributed by atoms with E-state index in [4.69, 9.17) is 5.26 Å². The van der Waals surface area contributed by atoms with Crippen molar-refractivity contribution in [2.75, 3.05) is 30.4 Å². The summed E-state index contributed by atoms with van der Waals surface area (Å²) in [6.07, 6.45) is 1.02. The highest BCUT2D eigenvalue weighted by Gasteiger charge is 2.02. The van der Waals surface area contributed by atoms with Gasteiger partial charge in [-0.3, -0.25) is 0 Å². The summed E-state index contributed by atoms with van der Waals surface area (Å²) < 4.78 is 0. The first kappa shape index (κ1) is 14.9. The zero-order valence-electron chi connectivity index (χ0n) is 12.6. The first-order chi connectivity index (χ1) is 10.2. The summed E-state index contributed by atoms with van der Waals surface area (Å²) in [5.41, 5.74) is 3.98. The van der Waals surface area contributed by atoms with E-state index < -0.39 is 0 Å². The van der Waals surface area contributed by atoms with Crippen molar-refractivity contribution < 1.29 is 0 Å². The molecule has 0 saturated heterocycles. The number of rotatable bonds is 6. The van der Waals surface area contributed by atoms with Crippen LogP contribution in [0.15, 0.2) is 48.5 Å². The molecule has 0 heterocycles. The van der Waals surface area contributed by atoms with E-state index in [0.717, 1.165) is 30.8 Å². The molecule has 0 amide bonds. The Balaban J connectivity index is 1.82. The van der Waals surface area contributed by atoms with Crippen molar-refractivity contribution in [3.63, 3.8) is 0 Å². The van der Waals surface area contributed by atoms with E-state index in [2.05, 4.69) is 47.6 Å². The zero-order valence-corrected chi connectivity index (χ0v) is 12.6. The third kappa shape index (κ3) is 4.25. The van der Waals surface area contributed by atoms with Gasteiger partial charge in [-0.25, -0.2) is 0 Å². The van der Waals surface area contributed by atoms with E-state index in [9.17, 15) is 0 Å². The van der Waals surface area contributed by atoms with Gasteiger partial charge in [-0.1, -0.05) is 24.3 Å². The van der Waals surface area contributed by atoms with Crippen LogP contribution in [0, 0.1) is 18.3 Å². The van der Waals surface area contributed by atoms with E-state index in [1.54, 1.807) is 0 Å². The summed E-state index contributed by atoms with van der Waals surface area (Å²) in [4.78, 5) is 2.24. The maximum absolute atomic E-state index is 9.14. The summed E-state index contributed by atoms with van der Waals surface area (Å²) >= 11 is 0. The van der Waals surface area contributed by atoms with Crippen molar-refractivity contribution in [3.05, 3.63) is 59.7 Å².